The molecule has 4 rings (SSSR count). The average Bonchev–Trinajstić information content (AvgIpc) is 3.11. The number of halogens is 1. The lowest BCUT2D eigenvalue weighted by Crippen LogP contribution is -2.36. The van der Waals surface area contributed by atoms with Gasteiger partial charge in [-0.1, -0.05) is 54.2 Å². The maximum absolute atomic E-state index is 13.0. The fourth-order valence-electron chi connectivity index (χ4n) is 6.88. The molecule has 1 heterocycles. The van der Waals surface area contributed by atoms with Crippen LogP contribution in [0.1, 0.15) is 58.8 Å². The highest BCUT2D eigenvalue weighted by Crippen LogP contribution is 2.60. The standard InChI is InChI=1S/C23H33IO4S/c1-14(7-9-24)19-5-6-20-15(4-3-8-23(19,20)2)10-22-17-11-16(25)12-21(26)18(17)13-29(22,27)28/h7,9-10,14,16,19-22,25-26H,3-6,8,11-13H2,1-2H3/b9-7+,15-10+/t14-,16-,19-,20+,21+,22?,23-/m1/s1. The predicted molar refractivity (Wildman–Crippen MR) is 124 cm³/mol. The summed E-state index contributed by atoms with van der Waals surface area (Å²) >= 11 is 2.30. The van der Waals surface area contributed by atoms with E-state index in [0.717, 1.165) is 24.8 Å². The quantitative estimate of drug-likeness (QED) is 0.420. The number of fused-ring (bicyclic) bond motifs is 1. The molecule has 2 N–H and O–H groups in total. The highest BCUT2D eigenvalue weighted by Gasteiger charge is 2.51. The molecular formula is C23H33IO4S. The summed E-state index contributed by atoms with van der Waals surface area (Å²) < 4.78 is 28.1. The molecule has 7 atom stereocenters. The number of aliphatic hydroxyl groups excluding tert-OH is 2. The van der Waals surface area contributed by atoms with Crippen LogP contribution >= 0.6 is 22.6 Å². The molecule has 162 valence electrons. The topological polar surface area (TPSA) is 74.6 Å². The Morgan fingerprint density at radius 3 is 2.72 bits per heavy atom. The smallest absolute Gasteiger partial charge is 0.164 e. The van der Waals surface area contributed by atoms with E-state index in [0.29, 0.717) is 29.7 Å². The maximum atomic E-state index is 13.0. The van der Waals surface area contributed by atoms with E-state index in [2.05, 4.69) is 46.6 Å². The Kier molecular flexibility index (Phi) is 6.12. The van der Waals surface area contributed by atoms with E-state index in [9.17, 15) is 18.6 Å². The molecule has 0 spiro atoms. The lowest BCUT2D eigenvalue weighted by atomic mass is 9.61. The number of aliphatic hydroxyl groups is 2. The molecule has 0 saturated heterocycles. The van der Waals surface area contributed by atoms with Crippen molar-refractivity contribution in [1.82, 2.24) is 0 Å². The molecule has 0 radical (unpaired) electrons. The van der Waals surface area contributed by atoms with Crippen molar-refractivity contribution in [3.8, 4) is 0 Å². The van der Waals surface area contributed by atoms with Crippen molar-refractivity contribution in [3.05, 3.63) is 33.0 Å². The van der Waals surface area contributed by atoms with Crippen molar-refractivity contribution < 1.29 is 18.6 Å². The summed E-state index contributed by atoms with van der Waals surface area (Å²) in [5, 5.41) is 19.8. The molecule has 0 bridgehead atoms. The Bertz CT molecular complexity index is 858. The molecule has 4 nitrogen and oxygen atoms in total. The van der Waals surface area contributed by atoms with Crippen LogP contribution < -0.4 is 0 Å². The highest BCUT2D eigenvalue weighted by atomic mass is 127. The van der Waals surface area contributed by atoms with E-state index in [1.807, 2.05) is 6.08 Å². The van der Waals surface area contributed by atoms with Crippen molar-refractivity contribution in [2.75, 3.05) is 5.75 Å². The van der Waals surface area contributed by atoms with Gasteiger partial charge in [-0.15, -0.1) is 0 Å². The summed E-state index contributed by atoms with van der Waals surface area (Å²) in [7, 11) is -3.35. The van der Waals surface area contributed by atoms with Crippen LogP contribution in [-0.2, 0) is 9.84 Å². The summed E-state index contributed by atoms with van der Waals surface area (Å²) in [6, 6.07) is 0. The Morgan fingerprint density at radius 2 is 2.00 bits per heavy atom. The molecular weight excluding hydrogens is 499 g/mol. The Labute approximate surface area is 188 Å². The predicted octanol–water partition coefficient (Wildman–Crippen LogP) is 4.32. The lowest BCUT2D eigenvalue weighted by Gasteiger charge is -2.44. The van der Waals surface area contributed by atoms with Crippen LogP contribution in [0.5, 0.6) is 0 Å². The van der Waals surface area contributed by atoms with Crippen LogP contribution in [0.15, 0.2) is 33.0 Å². The van der Waals surface area contributed by atoms with Crippen LogP contribution in [0.4, 0.5) is 0 Å². The van der Waals surface area contributed by atoms with Crippen LogP contribution in [0.25, 0.3) is 0 Å². The fraction of sp³-hybridized carbons (Fsp3) is 0.739. The summed E-state index contributed by atoms with van der Waals surface area (Å²) in [4.78, 5) is 0. The zero-order valence-corrected chi connectivity index (χ0v) is 20.3. The first-order valence-electron chi connectivity index (χ1n) is 10.9. The molecule has 1 unspecified atom stereocenters. The van der Waals surface area contributed by atoms with E-state index in [1.54, 1.807) is 0 Å². The van der Waals surface area contributed by atoms with E-state index in [-0.39, 0.29) is 17.6 Å². The first kappa shape index (κ1) is 22.0. The van der Waals surface area contributed by atoms with Crippen LogP contribution in [0.3, 0.4) is 0 Å². The largest absolute Gasteiger partial charge is 0.393 e. The minimum Gasteiger partial charge on any atom is -0.393 e. The Balaban J connectivity index is 1.68. The Morgan fingerprint density at radius 1 is 1.24 bits per heavy atom. The zero-order valence-electron chi connectivity index (χ0n) is 17.4. The summed E-state index contributed by atoms with van der Waals surface area (Å²) in [6.07, 6.45) is 9.13. The van der Waals surface area contributed by atoms with Gasteiger partial charge in [0.05, 0.1) is 18.0 Å². The van der Waals surface area contributed by atoms with Crippen LogP contribution in [0.2, 0.25) is 0 Å². The third kappa shape index (κ3) is 3.80. The third-order valence-electron chi connectivity index (χ3n) is 8.27. The van der Waals surface area contributed by atoms with Crippen LogP contribution in [-0.4, -0.2) is 41.8 Å². The van der Waals surface area contributed by atoms with Gasteiger partial charge >= 0.3 is 0 Å². The van der Waals surface area contributed by atoms with Gasteiger partial charge in [0.2, 0.25) is 0 Å². The summed E-state index contributed by atoms with van der Waals surface area (Å²) in [5.74, 6) is 1.57. The van der Waals surface area contributed by atoms with Gasteiger partial charge in [-0.3, -0.25) is 0 Å². The van der Waals surface area contributed by atoms with E-state index >= 15 is 0 Å². The second-order valence-electron chi connectivity index (χ2n) is 9.90. The van der Waals surface area contributed by atoms with Gasteiger partial charge in [-0.05, 0) is 76.9 Å². The minimum absolute atomic E-state index is 0.0489. The molecule has 4 aliphatic rings. The number of allylic oxidation sites excluding steroid dienone is 2. The molecule has 29 heavy (non-hydrogen) atoms. The number of hydrogen-bond acceptors (Lipinski definition) is 4. The third-order valence-corrected chi connectivity index (χ3v) is 10.6. The molecule has 2 saturated carbocycles. The first-order chi connectivity index (χ1) is 13.7. The second-order valence-corrected chi connectivity index (χ2v) is 12.7. The van der Waals surface area contributed by atoms with E-state index in [1.165, 1.54) is 18.4 Å². The second kappa shape index (κ2) is 8.06. The molecule has 6 heteroatoms. The zero-order chi connectivity index (χ0) is 21.0. The van der Waals surface area contributed by atoms with Crippen molar-refractivity contribution in [2.24, 2.45) is 23.2 Å². The molecule has 0 aromatic carbocycles. The van der Waals surface area contributed by atoms with Gasteiger partial charge in [0, 0.05) is 6.42 Å². The van der Waals surface area contributed by atoms with Gasteiger partial charge in [0.15, 0.2) is 9.84 Å². The van der Waals surface area contributed by atoms with Crippen molar-refractivity contribution >= 4 is 32.4 Å². The SMILES string of the molecule is C[C@H](/C=C/I)[C@H]1CC[C@H]2/C(=C/C3C4=C(CS3(=O)=O)[C@@H](O)C[C@H](O)C4)CCC[C@]12C. The average molecular weight is 532 g/mol. The van der Waals surface area contributed by atoms with Gasteiger partial charge in [0.25, 0.3) is 0 Å². The van der Waals surface area contributed by atoms with E-state index < -0.39 is 27.3 Å². The lowest BCUT2D eigenvalue weighted by molar-refractivity contribution is 0.0873. The van der Waals surface area contributed by atoms with Gasteiger partial charge < -0.3 is 10.2 Å². The van der Waals surface area contributed by atoms with Crippen molar-refractivity contribution in [1.29, 1.82) is 0 Å². The van der Waals surface area contributed by atoms with Crippen molar-refractivity contribution in [2.45, 2.75) is 76.3 Å². The normalized spacial score (nSPS) is 44.3. The van der Waals surface area contributed by atoms with Gasteiger partial charge in [-0.25, -0.2) is 8.42 Å². The molecule has 3 aliphatic carbocycles. The summed E-state index contributed by atoms with van der Waals surface area (Å²) in [6.45, 7) is 4.73. The molecule has 0 aromatic rings. The number of sulfone groups is 1. The number of hydrogen-bond donors (Lipinski definition) is 2. The fourth-order valence-corrected chi connectivity index (χ4v) is 9.59. The minimum atomic E-state index is -3.35. The Hall–Kier alpha value is -0.180. The molecule has 1 aliphatic heterocycles. The summed E-state index contributed by atoms with van der Waals surface area (Å²) in [5.41, 5.74) is 2.96. The maximum Gasteiger partial charge on any atom is 0.164 e. The van der Waals surface area contributed by atoms with Crippen LogP contribution in [0, 0.1) is 23.2 Å². The molecule has 0 amide bonds. The van der Waals surface area contributed by atoms with Gasteiger partial charge in [-0.2, -0.15) is 0 Å². The van der Waals surface area contributed by atoms with Crippen molar-refractivity contribution in [3.63, 3.8) is 0 Å². The monoisotopic (exact) mass is 532 g/mol. The number of rotatable bonds is 3. The highest BCUT2D eigenvalue weighted by molar-refractivity contribution is 14.1. The molecule has 0 aromatic heterocycles. The molecule has 2 fully saturated rings. The first-order valence-corrected chi connectivity index (χ1v) is 13.9. The van der Waals surface area contributed by atoms with E-state index in [4.69, 9.17) is 0 Å². The van der Waals surface area contributed by atoms with Gasteiger partial charge in [0.1, 0.15) is 5.25 Å².